The van der Waals surface area contributed by atoms with Crippen LogP contribution in [0.1, 0.15) is 34.6 Å². The van der Waals surface area contributed by atoms with E-state index in [1.54, 1.807) is 13.4 Å². The number of alkyl carbamates (subject to hydrolysis) is 1. The van der Waals surface area contributed by atoms with Gasteiger partial charge >= 0.3 is 6.09 Å². The van der Waals surface area contributed by atoms with Gasteiger partial charge in [0.1, 0.15) is 22.6 Å². The van der Waals surface area contributed by atoms with Crippen LogP contribution in [-0.2, 0) is 4.74 Å². The first kappa shape index (κ1) is 23.3. The zero-order valence-electron chi connectivity index (χ0n) is 19.6. The van der Waals surface area contributed by atoms with Crippen molar-refractivity contribution >= 4 is 23.2 Å². The number of aromatic amines is 1. The lowest BCUT2D eigenvalue weighted by Crippen LogP contribution is -2.52. The molecule has 1 fully saturated rings. The first-order valence-corrected chi connectivity index (χ1v) is 10.9. The molecule has 0 saturated carbocycles. The molecular weight excluding hydrogens is 408 g/mol. The first-order chi connectivity index (χ1) is 15.3. The summed E-state index contributed by atoms with van der Waals surface area (Å²) < 4.78 is 10.5. The highest BCUT2D eigenvalue weighted by Gasteiger charge is 2.30. The predicted octanol–water partition coefficient (Wildman–Crippen LogP) is 4.02. The Bertz CT molecular complexity index is 1040. The van der Waals surface area contributed by atoms with E-state index < -0.39 is 11.7 Å². The number of nitrogens with zero attached hydrogens (tertiary/aromatic N) is 4. The summed E-state index contributed by atoms with van der Waals surface area (Å²) in [6.45, 7) is 11.6. The average Bonchev–Trinajstić information content (AvgIpc) is 3.21. The van der Waals surface area contributed by atoms with Gasteiger partial charge in [-0.3, -0.25) is 0 Å². The number of carbonyl (C=O) groups excluding carboxylic acids is 1. The number of fused-ring (bicyclic) bond motifs is 1. The fraction of sp³-hybridized carbons (Fsp3) is 0.478. The molecule has 0 atom stereocenters. The van der Waals surface area contributed by atoms with Gasteiger partial charge in [0.15, 0.2) is 5.65 Å². The van der Waals surface area contributed by atoms with Gasteiger partial charge in [0.25, 0.3) is 0 Å². The van der Waals surface area contributed by atoms with Crippen LogP contribution in [0.3, 0.4) is 0 Å². The highest BCUT2D eigenvalue weighted by Crippen LogP contribution is 2.30. The summed E-state index contributed by atoms with van der Waals surface area (Å²) in [5.74, 6) is 1.74. The third kappa shape index (κ3) is 5.46. The number of imidazole rings is 1. The smallest absolute Gasteiger partial charge is 0.407 e. The van der Waals surface area contributed by atoms with Crippen molar-refractivity contribution in [2.24, 2.45) is 5.92 Å². The molecule has 0 unspecified atom stereocenters. The second-order valence-corrected chi connectivity index (χ2v) is 8.36. The van der Waals surface area contributed by atoms with Crippen molar-refractivity contribution in [3.63, 3.8) is 0 Å². The van der Waals surface area contributed by atoms with E-state index >= 15 is 0 Å². The van der Waals surface area contributed by atoms with E-state index in [1.165, 1.54) is 0 Å². The van der Waals surface area contributed by atoms with Gasteiger partial charge in [-0.2, -0.15) is 4.98 Å². The number of rotatable bonds is 5. The average molecular weight is 441 g/mol. The number of ether oxygens (including phenoxy) is 2. The quantitative estimate of drug-likeness (QED) is 0.617. The zero-order valence-corrected chi connectivity index (χ0v) is 19.6. The van der Waals surface area contributed by atoms with Gasteiger partial charge in [-0.25, -0.2) is 14.8 Å². The normalized spacial score (nSPS) is 13.8. The number of amides is 1. The lowest BCUT2D eigenvalue weighted by atomic mass is 10.0. The topological polar surface area (TPSA) is 105 Å². The lowest BCUT2D eigenvalue weighted by molar-refractivity contribution is 0.0516. The molecule has 0 spiro atoms. The monoisotopic (exact) mass is 440 g/mol. The standard InChI is InChI=1S/C21H26N6O3.C2H6/c1-21(2,3)30-20(28)22-9-13-10-27(11-13)19-25-16(17-18(26-19)24-12-23-17)14-5-7-15(29-4)8-6-14;1-2/h5-8,12-13H,9-11H2,1-4H3,(H,22,28)(H,23,24,25,26);1-2H3. The van der Waals surface area contributed by atoms with Crippen LogP contribution < -0.4 is 15.0 Å². The van der Waals surface area contributed by atoms with Crippen molar-refractivity contribution in [2.45, 2.75) is 40.2 Å². The van der Waals surface area contributed by atoms with Gasteiger partial charge < -0.3 is 24.7 Å². The molecule has 1 aliphatic rings. The van der Waals surface area contributed by atoms with E-state index in [2.05, 4.69) is 25.2 Å². The Morgan fingerprint density at radius 2 is 1.88 bits per heavy atom. The van der Waals surface area contributed by atoms with E-state index in [9.17, 15) is 4.79 Å². The molecule has 4 rings (SSSR count). The van der Waals surface area contributed by atoms with Crippen molar-refractivity contribution in [1.82, 2.24) is 25.3 Å². The maximum absolute atomic E-state index is 11.8. The molecule has 0 radical (unpaired) electrons. The predicted molar refractivity (Wildman–Crippen MR) is 125 cm³/mol. The zero-order chi connectivity index (χ0) is 23.3. The van der Waals surface area contributed by atoms with Crippen molar-refractivity contribution in [3.8, 4) is 17.0 Å². The van der Waals surface area contributed by atoms with Crippen LogP contribution in [0.25, 0.3) is 22.4 Å². The number of anilines is 1. The van der Waals surface area contributed by atoms with Crippen LogP contribution in [0.4, 0.5) is 10.7 Å². The Balaban J connectivity index is 0.00000141. The number of benzene rings is 1. The molecule has 0 bridgehead atoms. The molecule has 9 nitrogen and oxygen atoms in total. The van der Waals surface area contributed by atoms with Gasteiger partial charge in [-0.15, -0.1) is 0 Å². The van der Waals surface area contributed by atoms with Crippen LogP contribution in [0.15, 0.2) is 30.6 Å². The minimum atomic E-state index is -0.500. The summed E-state index contributed by atoms with van der Waals surface area (Å²) in [6.07, 6.45) is 1.23. The Morgan fingerprint density at radius 1 is 1.19 bits per heavy atom. The molecule has 9 heteroatoms. The molecule has 1 amide bonds. The van der Waals surface area contributed by atoms with Crippen molar-refractivity contribution in [1.29, 1.82) is 0 Å². The number of carbonyl (C=O) groups is 1. The van der Waals surface area contributed by atoms with Crippen LogP contribution in [0.2, 0.25) is 0 Å². The number of aromatic nitrogens is 4. The highest BCUT2D eigenvalue weighted by atomic mass is 16.6. The number of methoxy groups -OCH3 is 1. The molecule has 2 N–H and O–H groups in total. The van der Waals surface area contributed by atoms with E-state index in [-0.39, 0.29) is 0 Å². The van der Waals surface area contributed by atoms with Gasteiger partial charge in [-0.05, 0) is 45.0 Å². The van der Waals surface area contributed by atoms with Crippen molar-refractivity contribution < 1.29 is 14.3 Å². The van der Waals surface area contributed by atoms with E-state index in [1.807, 2.05) is 58.9 Å². The summed E-state index contributed by atoms with van der Waals surface area (Å²) in [5, 5.41) is 2.83. The van der Waals surface area contributed by atoms with Crippen molar-refractivity contribution in [2.75, 3.05) is 31.6 Å². The molecular formula is C23H32N6O3. The van der Waals surface area contributed by atoms with Gasteiger partial charge in [0, 0.05) is 31.1 Å². The number of H-pyrrole nitrogens is 1. The molecule has 1 aliphatic heterocycles. The molecule has 172 valence electrons. The maximum Gasteiger partial charge on any atom is 0.407 e. The third-order valence-corrected chi connectivity index (χ3v) is 4.81. The first-order valence-electron chi connectivity index (χ1n) is 10.9. The minimum Gasteiger partial charge on any atom is -0.497 e. The summed E-state index contributed by atoms with van der Waals surface area (Å²) >= 11 is 0. The summed E-state index contributed by atoms with van der Waals surface area (Å²) in [7, 11) is 1.64. The van der Waals surface area contributed by atoms with Crippen LogP contribution in [0.5, 0.6) is 5.75 Å². The fourth-order valence-corrected chi connectivity index (χ4v) is 3.33. The Morgan fingerprint density at radius 3 is 2.50 bits per heavy atom. The Kier molecular flexibility index (Phi) is 7.17. The van der Waals surface area contributed by atoms with E-state index in [0.717, 1.165) is 35.6 Å². The van der Waals surface area contributed by atoms with Crippen LogP contribution in [-0.4, -0.2) is 58.4 Å². The van der Waals surface area contributed by atoms with Crippen molar-refractivity contribution in [3.05, 3.63) is 30.6 Å². The van der Waals surface area contributed by atoms with E-state index in [0.29, 0.717) is 24.1 Å². The van der Waals surface area contributed by atoms with Gasteiger partial charge in [0.2, 0.25) is 5.95 Å². The molecule has 0 aliphatic carbocycles. The molecule has 32 heavy (non-hydrogen) atoms. The Hall–Kier alpha value is -3.36. The van der Waals surface area contributed by atoms with Gasteiger partial charge in [-0.1, -0.05) is 13.8 Å². The molecule has 3 aromatic rings. The van der Waals surface area contributed by atoms with Crippen LogP contribution in [0, 0.1) is 5.92 Å². The van der Waals surface area contributed by atoms with Gasteiger partial charge in [0.05, 0.1) is 13.4 Å². The largest absolute Gasteiger partial charge is 0.497 e. The highest BCUT2D eigenvalue weighted by molar-refractivity contribution is 5.88. The third-order valence-electron chi connectivity index (χ3n) is 4.81. The molecule has 1 aromatic carbocycles. The summed E-state index contributed by atoms with van der Waals surface area (Å²) in [4.78, 5) is 30.7. The maximum atomic E-state index is 11.8. The minimum absolute atomic E-state index is 0.320. The molecule has 2 aromatic heterocycles. The molecule has 3 heterocycles. The fourth-order valence-electron chi connectivity index (χ4n) is 3.33. The second-order valence-electron chi connectivity index (χ2n) is 8.36. The lowest BCUT2D eigenvalue weighted by Gasteiger charge is -2.39. The SMILES string of the molecule is CC.COc1ccc(-c2nc(N3CC(CNC(=O)OC(C)(C)C)C3)nc3nc[nH]c23)cc1. The number of nitrogens with one attached hydrogen (secondary N) is 2. The summed E-state index contributed by atoms with van der Waals surface area (Å²) in [5.41, 5.74) is 2.68. The molecule has 1 saturated heterocycles. The van der Waals surface area contributed by atoms with E-state index in [4.69, 9.17) is 14.5 Å². The summed E-state index contributed by atoms with van der Waals surface area (Å²) in [6, 6.07) is 7.74. The second kappa shape index (κ2) is 9.84. The number of hydrogen-bond donors (Lipinski definition) is 2. The van der Waals surface area contributed by atoms with Crippen LogP contribution >= 0.6 is 0 Å². The Labute approximate surface area is 188 Å². The number of hydrogen-bond acceptors (Lipinski definition) is 7.